The average molecular weight is 232 g/mol. The fourth-order valence-electron chi connectivity index (χ4n) is 1.49. The fourth-order valence-corrected chi connectivity index (χ4v) is 2.05. The second-order valence-corrected chi connectivity index (χ2v) is 4.54. The quantitative estimate of drug-likeness (QED) is 0.827. The van der Waals surface area contributed by atoms with Gasteiger partial charge >= 0.3 is 0 Å². The molecule has 0 fully saturated rings. The van der Waals surface area contributed by atoms with Crippen molar-refractivity contribution in [1.82, 2.24) is 4.98 Å². The summed E-state index contributed by atoms with van der Waals surface area (Å²) in [5.41, 5.74) is 8.07. The van der Waals surface area contributed by atoms with Gasteiger partial charge in [-0.3, -0.25) is 4.79 Å². The van der Waals surface area contributed by atoms with Crippen LogP contribution in [0.1, 0.15) is 21.6 Å². The van der Waals surface area contributed by atoms with Crippen LogP contribution in [0.15, 0.2) is 29.6 Å². The summed E-state index contributed by atoms with van der Waals surface area (Å²) < 4.78 is 0. The highest BCUT2D eigenvalue weighted by atomic mass is 32.1. The molecule has 82 valence electrons. The Morgan fingerprint density at radius 3 is 2.94 bits per heavy atom. The molecule has 0 amide bonds. The normalized spacial score (nSPS) is 10.3. The van der Waals surface area contributed by atoms with Gasteiger partial charge < -0.3 is 5.73 Å². The maximum absolute atomic E-state index is 11.9. The summed E-state index contributed by atoms with van der Waals surface area (Å²) in [6.07, 6.45) is 0.317. The zero-order valence-corrected chi connectivity index (χ0v) is 9.75. The van der Waals surface area contributed by atoms with E-state index >= 15 is 0 Å². The minimum absolute atomic E-state index is 0.0778. The molecule has 0 saturated heterocycles. The number of nitrogens with zero attached hydrogens (tertiary/aromatic N) is 1. The van der Waals surface area contributed by atoms with E-state index in [-0.39, 0.29) is 5.78 Å². The van der Waals surface area contributed by atoms with Crippen molar-refractivity contribution in [2.45, 2.75) is 13.3 Å². The molecule has 4 heteroatoms. The average Bonchev–Trinajstić information content (AvgIpc) is 2.64. The van der Waals surface area contributed by atoms with Gasteiger partial charge in [0.2, 0.25) is 0 Å². The van der Waals surface area contributed by atoms with Gasteiger partial charge in [-0.15, -0.1) is 11.3 Å². The molecule has 2 N–H and O–H groups in total. The van der Waals surface area contributed by atoms with E-state index in [9.17, 15) is 4.79 Å². The molecular formula is C12H12N2OS. The van der Waals surface area contributed by atoms with Crippen LogP contribution in [-0.2, 0) is 6.42 Å². The first-order chi connectivity index (χ1) is 7.65. The zero-order chi connectivity index (χ0) is 11.5. The second-order valence-electron chi connectivity index (χ2n) is 3.65. The van der Waals surface area contributed by atoms with E-state index < -0.39 is 0 Å². The molecule has 0 spiro atoms. The molecule has 2 aromatic rings. The van der Waals surface area contributed by atoms with Gasteiger partial charge in [0.15, 0.2) is 10.9 Å². The number of nitrogens with two attached hydrogens (primary N) is 1. The lowest BCUT2D eigenvalue weighted by molar-refractivity contribution is 0.0992. The minimum atomic E-state index is 0.0778. The van der Waals surface area contributed by atoms with Crippen molar-refractivity contribution in [2.75, 3.05) is 5.73 Å². The standard InChI is InChI=1S/C12H12N2OS/c1-8-3-2-4-9(5-8)11(15)6-10-7-16-12(13)14-10/h2-5,7H,6H2,1H3,(H2,13,14). The number of anilines is 1. The Hall–Kier alpha value is -1.68. The highest BCUT2D eigenvalue weighted by Gasteiger charge is 2.09. The number of aryl methyl sites for hydroxylation is 1. The molecule has 2 rings (SSSR count). The molecular weight excluding hydrogens is 220 g/mol. The second kappa shape index (κ2) is 4.45. The van der Waals surface area contributed by atoms with Crippen LogP contribution < -0.4 is 5.73 Å². The molecule has 0 atom stereocenters. The molecule has 3 nitrogen and oxygen atoms in total. The lowest BCUT2D eigenvalue weighted by Gasteiger charge is -1.99. The minimum Gasteiger partial charge on any atom is -0.375 e. The van der Waals surface area contributed by atoms with Gasteiger partial charge in [0.25, 0.3) is 0 Å². The number of rotatable bonds is 3. The lowest BCUT2D eigenvalue weighted by atomic mass is 10.1. The molecule has 0 bridgehead atoms. The Morgan fingerprint density at radius 1 is 1.50 bits per heavy atom. The molecule has 0 aliphatic carbocycles. The number of hydrogen-bond acceptors (Lipinski definition) is 4. The predicted molar refractivity (Wildman–Crippen MR) is 65.7 cm³/mol. The van der Waals surface area contributed by atoms with E-state index in [0.717, 1.165) is 16.8 Å². The van der Waals surface area contributed by atoms with Crippen LogP contribution in [0.5, 0.6) is 0 Å². The summed E-state index contributed by atoms with van der Waals surface area (Å²) in [7, 11) is 0. The molecule has 1 aromatic heterocycles. The number of carbonyl (C=O) groups is 1. The third-order valence-corrected chi connectivity index (χ3v) is 2.97. The highest BCUT2D eigenvalue weighted by molar-refractivity contribution is 7.13. The van der Waals surface area contributed by atoms with E-state index in [1.807, 2.05) is 36.6 Å². The van der Waals surface area contributed by atoms with Gasteiger partial charge in [0, 0.05) is 10.9 Å². The first-order valence-corrected chi connectivity index (χ1v) is 5.83. The molecule has 16 heavy (non-hydrogen) atoms. The Balaban J connectivity index is 2.14. The summed E-state index contributed by atoms with van der Waals surface area (Å²) in [5, 5.41) is 2.33. The van der Waals surface area contributed by atoms with Crippen LogP contribution in [0.2, 0.25) is 0 Å². The van der Waals surface area contributed by atoms with Crippen molar-refractivity contribution < 1.29 is 4.79 Å². The molecule has 1 heterocycles. The highest BCUT2D eigenvalue weighted by Crippen LogP contribution is 2.14. The van der Waals surface area contributed by atoms with Gasteiger partial charge in [0.05, 0.1) is 12.1 Å². The first-order valence-electron chi connectivity index (χ1n) is 4.95. The number of benzene rings is 1. The van der Waals surface area contributed by atoms with E-state index in [4.69, 9.17) is 5.73 Å². The number of nitrogen functional groups attached to an aromatic ring is 1. The number of hydrogen-bond donors (Lipinski definition) is 1. The number of Topliss-reactive ketones (excluding diaryl/α,β-unsaturated/α-hetero) is 1. The van der Waals surface area contributed by atoms with E-state index in [0.29, 0.717) is 11.6 Å². The Bertz CT molecular complexity index is 519. The first kappa shape index (κ1) is 10.8. The summed E-state index contributed by atoms with van der Waals surface area (Å²) in [6.45, 7) is 1.97. The Kier molecular flexibility index (Phi) is 3.01. The lowest BCUT2D eigenvalue weighted by Crippen LogP contribution is -2.04. The maximum atomic E-state index is 11.9. The van der Waals surface area contributed by atoms with Crippen molar-refractivity contribution in [3.8, 4) is 0 Å². The van der Waals surface area contributed by atoms with Crippen molar-refractivity contribution in [1.29, 1.82) is 0 Å². The monoisotopic (exact) mass is 232 g/mol. The van der Waals surface area contributed by atoms with E-state index in [1.54, 1.807) is 0 Å². The topological polar surface area (TPSA) is 56.0 Å². The summed E-state index contributed by atoms with van der Waals surface area (Å²) >= 11 is 1.36. The summed E-state index contributed by atoms with van der Waals surface area (Å²) in [5.74, 6) is 0.0778. The van der Waals surface area contributed by atoms with Crippen LogP contribution in [0.3, 0.4) is 0 Å². The van der Waals surface area contributed by atoms with Crippen molar-refractivity contribution >= 4 is 22.3 Å². The Labute approximate surface area is 97.9 Å². The van der Waals surface area contributed by atoms with Crippen LogP contribution >= 0.6 is 11.3 Å². The predicted octanol–water partition coefficient (Wildman–Crippen LogP) is 2.46. The number of aromatic nitrogens is 1. The van der Waals surface area contributed by atoms with Crippen molar-refractivity contribution in [2.24, 2.45) is 0 Å². The van der Waals surface area contributed by atoms with Gasteiger partial charge in [-0.1, -0.05) is 23.8 Å². The van der Waals surface area contributed by atoms with Crippen LogP contribution in [0.4, 0.5) is 5.13 Å². The zero-order valence-electron chi connectivity index (χ0n) is 8.93. The SMILES string of the molecule is Cc1cccc(C(=O)Cc2csc(N)n2)c1. The number of ketones is 1. The van der Waals surface area contributed by atoms with E-state index in [1.165, 1.54) is 11.3 Å². The van der Waals surface area contributed by atoms with Crippen LogP contribution in [0.25, 0.3) is 0 Å². The van der Waals surface area contributed by atoms with Crippen LogP contribution in [-0.4, -0.2) is 10.8 Å². The van der Waals surface area contributed by atoms with Gasteiger partial charge in [-0.25, -0.2) is 4.98 Å². The molecule has 0 saturated carbocycles. The smallest absolute Gasteiger partial charge is 0.180 e. The third kappa shape index (κ3) is 2.46. The van der Waals surface area contributed by atoms with E-state index in [2.05, 4.69) is 4.98 Å². The van der Waals surface area contributed by atoms with Gasteiger partial charge in [0.1, 0.15) is 0 Å². The van der Waals surface area contributed by atoms with Crippen LogP contribution in [0, 0.1) is 6.92 Å². The molecule has 0 aliphatic rings. The molecule has 0 unspecified atom stereocenters. The molecule has 0 aliphatic heterocycles. The largest absolute Gasteiger partial charge is 0.375 e. The van der Waals surface area contributed by atoms with Gasteiger partial charge in [-0.05, 0) is 13.0 Å². The summed E-state index contributed by atoms with van der Waals surface area (Å²) in [4.78, 5) is 16.0. The molecule has 0 radical (unpaired) electrons. The number of thiazole rings is 1. The van der Waals surface area contributed by atoms with Gasteiger partial charge in [-0.2, -0.15) is 0 Å². The Morgan fingerprint density at radius 2 is 2.31 bits per heavy atom. The fraction of sp³-hybridized carbons (Fsp3) is 0.167. The summed E-state index contributed by atoms with van der Waals surface area (Å²) in [6, 6.07) is 7.57. The third-order valence-electron chi connectivity index (χ3n) is 2.25. The number of carbonyl (C=O) groups excluding carboxylic acids is 1. The van der Waals surface area contributed by atoms with Crippen molar-refractivity contribution in [3.63, 3.8) is 0 Å². The van der Waals surface area contributed by atoms with Crippen molar-refractivity contribution in [3.05, 3.63) is 46.5 Å². The maximum Gasteiger partial charge on any atom is 0.180 e. The molecule has 1 aromatic carbocycles.